The minimum atomic E-state index is -0.372. The summed E-state index contributed by atoms with van der Waals surface area (Å²) in [7, 11) is 0. The van der Waals surface area contributed by atoms with Crippen LogP contribution >= 0.6 is 23.1 Å². The zero-order chi connectivity index (χ0) is 16.9. The van der Waals surface area contributed by atoms with Crippen molar-refractivity contribution in [2.75, 3.05) is 6.61 Å². The van der Waals surface area contributed by atoms with E-state index in [9.17, 15) is 10.1 Å². The molecule has 0 amide bonds. The van der Waals surface area contributed by atoms with Gasteiger partial charge in [-0.1, -0.05) is 30.0 Å². The van der Waals surface area contributed by atoms with Crippen molar-refractivity contribution in [1.29, 1.82) is 0 Å². The number of hydrogen-bond donors (Lipinski definition) is 0. The first-order valence-electron chi connectivity index (χ1n) is 7.27. The van der Waals surface area contributed by atoms with Crippen molar-refractivity contribution in [3.05, 3.63) is 69.6 Å². The molecule has 0 saturated heterocycles. The third-order valence-electron chi connectivity index (χ3n) is 3.19. The number of nitro groups is 1. The summed E-state index contributed by atoms with van der Waals surface area (Å²) in [5.74, 6) is 0.802. The normalized spacial score (nSPS) is 11.6. The molecule has 7 heteroatoms. The zero-order valence-corrected chi connectivity index (χ0v) is 14.5. The van der Waals surface area contributed by atoms with Crippen molar-refractivity contribution >= 4 is 39.0 Å². The summed E-state index contributed by atoms with van der Waals surface area (Å²) in [4.78, 5) is 15.4. The van der Waals surface area contributed by atoms with Crippen LogP contribution < -0.4 is 4.74 Å². The number of hydrogen-bond acceptors (Lipinski definition) is 6. The SMILES string of the molecule is CCOc1ccc2nc(S/C=C(/c3ccccc3)[N+](=O)[O-])sc2c1. The maximum Gasteiger partial charge on any atom is 0.283 e. The van der Waals surface area contributed by atoms with Crippen LogP contribution in [0.1, 0.15) is 12.5 Å². The fraction of sp³-hybridized carbons (Fsp3) is 0.118. The van der Waals surface area contributed by atoms with Crippen LogP contribution in [0.25, 0.3) is 15.9 Å². The largest absolute Gasteiger partial charge is 0.494 e. The van der Waals surface area contributed by atoms with E-state index in [0.29, 0.717) is 12.2 Å². The summed E-state index contributed by atoms with van der Waals surface area (Å²) in [6.45, 7) is 2.55. The van der Waals surface area contributed by atoms with E-state index in [2.05, 4.69) is 4.98 Å². The molecule has 0 radical (unpaired) electrons. The molecule has 0 aliphatic carbocycles. The van der Waals surface area contributed by atoms with Crippen molar-refractivity contribution in [3.63, 3.8) is 0 Å². The number of thioether (sulfide) groups is 1. The maximum atomic E-state index is 11.3. The lowest BCUT2D eigenvalue weighted by Crippen LogP contribution is -1.96. The Hall–Kier alpha value is -2.38. The van der Waals surface area contributed by atoms with Crippen LogP contribution in [-0.4, -0.2) is 16.5 Å². The molecule has 0 aliphatic heterocycles. The first kappa shape index (κ1) is 16.5. The molecule has 2 aromatic carbocycles. The summed E-state index contributed by atoms with van der Waals surface area (Å²) in [6.07, 6.45) is 0. The van der Waals surface area contributed by atoms with Gasteiger partial charge in [-0.3, -0.25) is 10.1 Å². The number of benzene rings is 2. The van der Waals surface area contributed by atoms with E-state index in [0.717, 1.165) is 20.3 Å². The van der Waals surface area contributed by atoms with Crippen molar-refractivity contribution < 1.29 is 9.66 Å². The minimum Gasteiger partial charge on any atom is -0.494 e. The van der Waals surface area contributed by atoms with Gasteiger partial charge in [-0.2, -0.15) is 0 Å². The van der Waals surface area contributed by atoms with Gasteiger partial charge in [-0.15, -0.1) is 11.3 Å². The third-order valence-corrected chi connectivity index (χ3v) is 5.17. The highest BCUT2D eigenvalue weighted by Gasteiger charge is 2.14. The Morgan fingerprint density at radius 2 is 2.12 bits per heavy atom. The van der Waals surface area contributed by atoms with Crippen molar-refractivity contribution in [2.45, 2.75) is 11.3 Å². The van der Waals surface area contributed by atoms with Gasteiger partial charge in [-0.25, -0.2) is 4.98 Å². The van der Waals surface area contributed by atoms with Gasteiger partial charge in [0.25, 0.3) is 5.70 Å². The Kier molecular flexibility index (Phi) is 5.12. The molecule has 0 spiro atoms. The van der Waals surface area contributed by atoms with E-state index >= 15 is 0 Å². The Morgan fingerprint density at radius 3 is 2.83 bits per heavy atom. The minimum absolute atomic E-state index is 0.0647. The number of aromatic nitrogens is 1. The maximum absolute atomic E-state index is 11.3. The van der Waals surface area contributed by atoms with Gasteiger partial charge in [0.2, 0.25) is 0 Å². The first-order valence-corrected chi connectivity index (χ1v) is 8.97. The van der Waals surface area contributed by atoms with E-state index in [-0.39, 0.29) is 10.6 Å². The highest BCUT2D eigenvalue weighted by molar-refractivity contribution is 8.04. The molecule has 24 heavy (non-hydrogen) atoms. The van der Waals surface area contributed by atoms with E-state index in [1.165, 1.54) is 28.5 Å². The summed E-state index contributed by atoms with van der Waals surface area (Å²) >= 11 is 2.75. The van der Waals surface area contributed by atoms with E-state index in [1.807, 2.05) is 31.2 Å². The molecule has 122 valence electrons. The van der Waals surface area contributed by atoms with Crippen LogP contribution in [0.15, 0.2) is 58.3 Å². The average Bonchev–Trinajstić information content (AvgIpc) is 2.98. The van der Waals surface area contributed by atoms with Gasteiger partial charge < -0.3 is 4.74 Å². The van der Waals surface area contributed by atoms with Crippen LogP contribution in [0.4, 0.5) is 0 Å². The van der Waals surface area contributed by atoms with Crippen molar-refractivity contribution in [1.82, 2.24) is 4.98 Å². The molecule has 0 saturated carbocycles. The molecule has 0 bridgehead atoms. The molecular formula is C17H14N2O3S2. The second-order valence-electron chi connectivity index (χ2n) is 4.79. The zero-order valence-electron chi connectivity index (χ0n) is 12.8. The second-order valence-corrected chi connectivity index (χ2v) is 6.93. The first-order chi connectivity index (χ1) is 11.7. The highest BCUT2D eigenvalue weighted by Crippen LogP contribution is 2.33. The van der Waals surface area contributed by atoms with Crippen LogP contribution in [0.3, 0.4) is 0 Å². The smallest absolute Gasteiger partial charge is 0.283 e. The Bertz CT molecular complexity index is 891. The molecular weight excluding hydrogens is 344 g/mol. The van der Waals surface area contributed by atoms with Crippen LogP contribution in [0, 0.1) is 10.1 Å². The fourth-order valence-electron chi connectivity index (χ4n) is 2.12. The van der Waals surface area contributed by atoms with Gasteiger partial charge in [0.1, 0.15) is 5.75 Å². The monoisotopic (exact) mass is 358 g/mol. The molecule has 0 aliphatic rings. The summed E-state index contributed by atoms with van der Waals surface area (Å²) < 4.78 is 7.24. The van der Waals surface area contributed by atoms with Gasteiger partial charge in [0.05, 0.1) is 32.7 Å². The summed E-state index contributed by atoms with van der Waals surface area (Å²) in [6, 6.07) is 14.6. The van der Waals surface area contributed by atoms with E-state index in [1.54, 1.807) is 24.3 Å². The lowest BCUT2D eigenvalue weighted by atomic mass is 10.2. The molecule has 3 aromatic rings. The summed E-state index contributed by atoms with van der Waals surface area (Å²) in [5, 5.41) is 12.8. The Labute approximate surface area is 147 Å². The van der Waals surface area contributed by atoms with Gasteiger partial charge in [0, 0.05) is 0 Å². The molecule has 0 N–H and O–H groups in total. The van der Waals surface area contributed by atoms with Crippen LogP contribution in [0.5, 0.6) is 5.75 Å². The number of thiazole rings is 1. The number of fused-ring (bicyclic) bond motifs is 1. The molecule has 3 rings (SSSR count). The molecule has 0 unspecified atom stereocenters. The number of ether oxygens (including phenoxy) is 1. The standard InChI is InChI=1S/C17H14N2O3S2/c1-2-22-13-8-9-14-16(10-13)24-17(18-14)23-11-15(19(20)21)12-6-4-3-5-7-12/h3-11H,2H2,1H3/b15-11-. The van der Waals surface area contributed by atoms with Crippen LogP contribution in [-0.2, 0) is 0 Å². The van der Waals surface area contributed by atoms with E-state index < -0.39 is 0 Å². The average molecular weight is 358 g/mol. The quantitative estimate of drug-likeness (QED) is 0.350. The second kappa shape index (κ2) is 7.46. The molecule has 0 atom stereocenters. The lowest BCUT2D eigenvalue weighted by Gasteiger charge is -2.00. The van der Waals surface area contributed by atoms with Crippen molar-refractivity contribution in [2.24, 2.45) is 0 Å². The number of nitrogens with zero attached hydrogens (tertiary/aromatic N) is 2. The van der Waals surface area contributed by atoms with Crippen molar-refractivity contribution in [3.8, 4) is 5.75 Å². The Morgan fingerprint density at radius 1 is 1.33 bits per heavy atom. The topological polar surface area (TPSA) is 65.3 Å². The highest BCUT2D eigenvalue weighted by atomic mass is 32.2. The molecule has 1 aromatic heterocycles. The third kappa shape index (κ3) is 3.74. The predicted molar refractivity (Wildman–Crippen MR) is 98.1 cm³/mol. The van der Waals surface area contributed by atoms with Crippen LogP contribution in [0.2, 0.25) is 0 Å². The van der Waals surface area contributed by atoms with Gasteiger partial charge in [0.15, 0.2) is 4.34 Å². The van der Waals surface area contributed by atoms with Gasteiger partial charge in [-0.05, 0) is 37.3 Å². The Balaban J connectivity index is 1.86. The molecule has 0 fully saturated rings. The summed E-state index contributed by atoms with van der Waals surface area (Å²) in [5.41, 5.74) is 1.51. The predicted octanol–water partition coefficient (Wildman–Crippen LogP) is 5.06. The van der Waals surface area contributed by atoms with E-state index in [4.69, 9.17) is 4.74 Å². The fourth-order valence-corrected chi connectivity index (χ4v) is 4.04. The number of rotatable bonds is 6. The van der Waals surface area contributed by atoms with Gasteiger partial charge >= 0.3 is 0 Å². The molecule has 1 heterocycles. The molecule has 5 nitrogen and oxygen atoms in total. The lowest BCUT2D eigenvalue weighted by molar-refractivity contribution is -0.375.